The molecule has 0 bridgehead atoms. The minimum absolute atomic E-state index is 0.735. The van der Waals surface area contributed by atoms with Gasteiger partial charge in [0.05, 0.1) is 7.11 Å². The van der Waals surface area contributed by atoms with Crippen molar-refractivity contribution in [1.29, 1.82) is 0 Å². The minimum atomic E-state index is -1.67. The molecule has 0 radical (unpaired) electrons. The maximum Gasteiger partial charge on any atom is 0.166 e. The van der Waals surface area contributed by atoms with Gasteiger partial charge < -0.3 is 9.26 Å². The van der Waals surface area contributed by atoms with Crippen LogP contribution in [-0.4, -0.2) is 20.4 Å². The Morgan fingerprint density at radius 3 is 2.15 bits per heavy atom. The minimum Gasteiger partial charge on any atom is -0.493 e. The third-order valence-corrected chi connectivity index (χ3v) is 2.25. The molecule has 13 heavy (non-hydrogen) atoms. The summed E-state index contributed by atoms with van der Waals surface area (Å²) in [6, 6.07) is 7.54. The Labute approximate surface area is 84.0 Å². The average molecular weight is 216 g/mol. The van der Waals surface area contributed by atoms with Gasteiger partial charge in [-0.3, -0.25) is 0 Å². The third-order valence-electron chi connectivity index (χ3n) is 1.39. The van der Waals surface area contributed by atoms with Crippen molar-refractivity contribution in [2.75, 3.05) is 20.4 Å². The molecule has 0 N–H and O–H groups in total. The first-order valence-corrected chi connectivity index (χ1v) is 7.52. The van der Waals surface area contributed by atoms with Crippen LogP contribution in [0.3, 0.4) is 0 Å². The fraction of sp³-hybridized carbons (Fsp3) is 0.333. The quantitative estimate of drug-likeness (QED) is 0.724. The molecule has 2 nitrogen and oxygen atoms in total. The molecule has 0 aliphatic carbocycles. The summed E-state index contributed by atoms with van der Waals surface area (Å²) in [6.45, 7) is 3.88. The molecule has 72 valence electrons. The molecule has 4 heteroatoms. The summed E-state index contributed by atoms with van der Waals surface area (Å²) in [4.78, 5) is 0. The Kier molecular flexibility index (Phi) is 3.34. The van der Waals surface area contributed by atoms with Crippen LogP contribution in [0.1, 0.15) is 0 Å². The van der Waals surface area contributed by atoms with Gasteiger partial charge in [-0.1, -0.05) is 23.9 Å². The zero-order valence-electron chi connectivity index (χ0n) is 7.98. The van der Waals surface area contributed by atoms with E-state index in [0.29, 0.717) is 0 Å². The van der Waals surface area contributed by atoms with Gasteiger partial charge in [0.25, 0.3) is 0 Å². The molecule has 1 aromatic rings. The van der Waals surface area contributed by atoms with E-state index in [1.54, 1.807) is 7.11 Å². The molecule has 0 unspecified atom stereocenters. The van der Waals surface area contributed by atoms with Crippen molar-refractivity contribution in [2.24, 2.45) is 0 Å². The van der Waals surface area contributed by atoms with Crippen LogP contribution in [-0.2, 0) is 11.8 Å². The molecule has 0 saturated carbocycles. The molecule has 0 aromatic heterocycles. The first-order chi connectivity index (χ1) is 6.03. The van der Waals surface area contributed by atoms with Crippen molar-refractivity contribution < 1.29 is 9.26 Å². The SMILES string of the molecule is COc1ccccc1OP(C)(C)=S. The fourth-order valence-electron chi connectivity index (χ4n) is 0.931. The van der Waals surface area contributed by atoms with Crippen molar-refractivity contribution in [1.82, 2.24) is 0 Å². The molecule has 0 aliphatic heterocycles. The van der Waals surface area contributed by atoms with Crippen LogP contribution < -0.4 is 9.26 Å². The van der Waals surface area contributed by atoms with Crippen LogP contribution in [0.5, 0.6) is 11.5 Å². The highest BCUT2D eigenvalue weighted by Gasteiger charge is 2.08. The van der Waals surface area contributed by atoms with Crippen LogP contribution in [0.2, 0.25) is 0 Å². The van der Waals surface area contributed by atoms with E-state index < -0.39 is 6.26 Å². The van der Waals surface area contributed by atoms with Gasteiger partial charge in [0.15, 0.2) is 11.5 Å². The third kappa shape index (κ3) is 3.37. The molecule has 0 atom stereocenters. The molecule has 1 rings (SSSR count). The second-order valence-electron chi connectivity index (χ2n) is 2.99. The lowest BCUT2D eigenvalue weighted by Crippen LogP contribution is -1.92. The number of hydrogen-bond donors (Lipinski definition) is 0. The number of benzene rings is 1. The van der Waals surface area contributed by atoms with Gasteiger partial charge in [-0.2, -0.15) is 0 Å². The number of rotatable bonds is 3. The zero-order valence-corrected chi connectivity index (χ0v) is 9.69. The predicted octanol–water partition coefficient (Wildman–Crippen LogP) is 2.73. The van der Waals surface area contributed by atoms with Gasteiger partial charge in [-0.15, -0.1) is 0 Å². The van der Waals surface area contributed by atoms with E-state index in [0.717, 1.165) is 11.5 Å². The highest BCUT2D eigenvalue weighted by Crippen LogP contribution is 2.42. The van der Waals surface area contributed by atoms with E-state index in [4.69, 9.17) is 21.1 Å². The summed E-state index contributed by atoms with van der Waals surface area (Å²) in [5, 5.41) is 0. The van der Waals surface area contributed by atoms with Crippen LogP contribution in [0, 0.1) is 0 Å². The van der Waals surface area contributed by atoms with Gasteiger partial charge in [0.2, 0.25) is 0 Å². The van der Waals surface area contributed by atoms with E-state index in [1.807, 2.05) is 37.6 Å². The topological polar surface area (TPSA) is 18.5 Å². The second-order valence-corrected chi connectivity index (χ2v) is 8.32. The molecule has 0 heterocycles. The Balaban J connectivity index is 2.94. The molecule has 0 fully saturated rings. The highest BCUT2D eigenvalue weighted by molar-refractivity contribution is 8.11. The number of hydrogen-bond acceptors (Lipinski definition) is 3. The summed E-state index contributed by atoms with van der Waals surface area (Å²) in [5.74, 6) is 1.47. The Morgan fingerprint density at radius 1 is 1.15 bits per heavy atom. The molecule has 0 amide bonds. The summed E-state index contributed by atoms with van der Waals surface area (Å²) < 4.78 is 10.8. The largest absolute Gasteiger partial charge is 0.493 e. The van der Waals surface area contributed by atoms with E-state index in [1.165, 1.54) is 0 Å². The predicted molar refractivity (Wildman–Crippen MR) is 59.8 cm³/mol. The molecular weight excluding hydrogens is 203 g/mol. The molecular formula is C9H13O2PS. The van der Waals surface area contributed by atoms with Gasteiger partial charge >= 0.3 is 0 Å². The van der Waals surface area contributed by atoms with Crippen molar-refractivity contribution in [2.45, 2.75) is 0 Å². The van der Waals surface area contributed by atoms with Crippen LogP contribution in [0.4, 0.5) is 0 Å². The number of ether oxygens (including phenoxy) is 1. The molecule has 0 spiro atoms. The van der Waals surface area contributed by atoms with Gasteiger partial charge in [-0.25, -0.2) is 0 Å². The lowest BCUT2D eigenvalue weighted by Gasteiger charge is -2.15. The Bertz CT molecular complexity index is 332. The summed E-state index contributed by atoms with van der Waals surface area (Å²) >= 11 is 5.21. The molecule has 0 saturated heterocycles. The molecule has 1 aromatic carbocycles. The molecule has 0 aliphatic rings. The van der Waals surface area contributed by atoms with Crippen LogP contribution in [0.15, 0.2) is 24.3 Å². The fourth-order valence-corrected chi connectivity index (χ4v) is 1.80. The smallest absolute Gasteiger partial charge is 0.166 e. The summed E-state index contributed by atoms with van der Waals surface area (Å²) in [5.41, 5.74) is 0. The Hall–Kier alpha value is -0.530. The normalized spacial score (nSPS) is 11.0. The van der Waals surface area contributed by atoms with Crippen molar-refractivity contribution in [3.05, 3.63) is 24.3 Å². The zero-order chi connectivity index (χ0) is 9.90. The van der Waals surface area contributed by atoms with Crippen LogP contribution in [0.25, 0.3) is 0 Å². The standard InChI is InChI=1S/C9H13O2PS/c1-10-8-6-4-5-7-9(8)11-12(2,3)13/h4-7H,1-3H3. The average Bonchev–Trinajstić information content (AvgIpc) is 2.02. The van der Waals surface area contributed by atoms with Crippen molar-refractivity contribution >= 4 is 18.1 Å². The summed E-state index contributed by atoms with van der Waals surface area (Å²) in [7, 11) is 1.62. The monoisotopic (exact) mass is 216 g/mol. The maximum atomic E-state index is 5.62. The van der Waals surface area contributed by atoms with Crippen molar-refractivity contribution in [3.8, 4) is 11.5 Å². The van der Waals surface area contributed by atoms with Gasteiger partial charge in [0, 0.05) is 0 Å². The first-order valence-electron chi connectivity index (χ1n) is 3.90. The van der Waals surface area contributed by atoms with E-state index in [2.05, 4.69) is 0 Å². The first kappa shape index (κ1) is 10.6. The van der Waals surface area contributed by atoms with Gasteiger partial charge in [-0.05, 0) is 25.5 Å². The van der Waals surface area contributed by atoms with E-state index in [9.17, 15) is 0 Å². The lowest BCUT2D eigenvalue weighted by molar-refractivity contribution is 0.398. The number of methoxy groups -OCH3 is 1. The summed E-state index contributed by atoms with van der Waals surface area (Å²) in [6.07, 6.45) is -1.67. The van der Waals surface area contributed by atoms with E-state index >= 15 is 0 Å². The maximum absolute atomic E-state index is 5.62. The highest BCUT2D eigenvalue weighted by atomic mass is 32.4. The number of para-hydroxylation sites is 2. The van der Waals surface area contributed by atoms with Crippen molar-refractivity contribution in [3.63, 3.8) is 0 Å². The van der Waals surface area contributed by atoms with Crippen LogP contribution >= 0.6 is 6.26 Å². The Morgan fingerprint density at radius 2 is 1.69 bits per heavy atom. The van der Waals surface area contributed by atoms with Gasteiger partial charge in [0.1, 0.15) is 6.26 Å². The second kappa shape index (κ2) is 4.12. The lowest BCUT2D eigenvalue weighted by atomic mass is 10.3. The van der Waals surface area contributed by atoms with E-state index in [-0.39, 0.29) is 0 Å².